The Bertz CT molecular complexity index is 1120. The van der Waals surface area contributed by atoms with Gasteiger partial charge in [-0.2, -0.15) is 0 Å². The normalized spacial score (nSPS) is 19.3. The molecule has 1 aromatic heterocycles. The van der Waals surface area contributed by atoms with E-state index in [0.29, 0.717) is 0 Å². The van der Waals surface area contributed by atoms with Crippen molar-refractivity contribution in [3.05, 3.63) is 64.2 Å². The third-order valence-electron chi connectivity index (χ3n) is 7.30. The molecule has 1 aliphatic heterocycles. The molecule has 1 fully saturated rings. The molecule has 3 rings (SSSR count). The highest BCUT2D eigenvalue weighted by Crippen LogP contribution is 2.46. The van der Waals surface area contributed by atoms with E-state index in [1.165, 1.54) is 18.2 Å². The van der Waals surface area contributed by atoms with Crippen molar-refractivity contribution in [3.8, 4) is 0 Å². The molecule has 176 valence electrons. The van der Waals surface area contributed by atoms with Crippen LogP contribution in [0.25, 0.3) is 0 Å². The molecule has 0 unspecified atom stereocenters. The Balaban J connectivity index is 1.94. The number of rotatable bonds is 5. The second-order valence-electron chi connectivity index (χ2n) is 12.3. The lowest BCUT2D eigenvalue weighted by Crippen LogP contribution is -2.78. The van der Waals surface area contributed by atoms with Crippen molar-refractivity contribution >= 4 is 80.3 Å². The summed E-state index contributed by atoms with van der Waals surface area (Å²) in [6, 6.07) is 7.92. The predicted molar refractivity (Wildman–Crippen MR) is 161 cm³/mol. The van der Waals surface area contributed by atoms with Gasteiger partial charge in [-0.3, -0.25) is 9.78 Å². The maximum Gasteiger partial charge on any atom is 0.252 e. The molecule has 1 amide bonds. The Morgan fingerprint density at radius 2 is 1.66 bits per heavy atom. The summed E-state index contributed by atoms with van der Waals surface area (Å²) in [4.78, 5) is 19.9. The number of carbonyl (C=O) groups excluding carboxylic acids is 1. The molecular weight excluding hydrogens is 458 g/mol. The number of piperidine rings is 1. The van der Waals surface area contributed by atoms with Crippen molar-refractivity contribution in [3.63, 3.8) is 0 Å². The first-order valence-electron chi connectivity index (χ1n) is 12.0. The van der Waals surface area contributed by atoms with Crippen LogP contribution in [0, 0.1) is 12.7 Å². The van der Waals surface area contributed by atoms with Crippen LogP contribution in [0.15, 0.2) is 36.5 Å². The summed E-state index contributed by atoms with van der Waals surface area (Å²) in [7, 11) is 15.3. The SMILES string of the molecule is BC(B)(NC(B)(B)C1(F)CC(B)(B)N(C(=O)c2ccc(F)c(Cl)c2)C(B)(B)C1)c1ccc(C)cn1. The first-order chi connectivity index (χ1) is 15.8. The third-order valence-corrected chi connectivity index (χ3v) is 7.59. The number of benzene rings is 1. The van der Waals surface area contributed by atoms with Gasteiger partial charge < -0.3 is 10.2 Å². The van der Waals surface area contributed by atoms with E-state index in [-0.39, 0.29) is 29.3 Å². The maximum absolute atomic E-state index is 17.1. The van der Waals surface area contributed by atoms with Gasteiger partial charge in [0.25, 0.3) is 5.91 Å². The van der Waals surface area contributed by atoms with Crippen molar-refractivity contribution in [2.24, 2.45) is 0 Å². The fourth-order valence-corrected chi connectivity index (χ4v) is 6.14. The van der Waals surface area contributed by atoms with Gasteiger partial charge in [-0.05, 0) is 70.9 Å². The van der Waals surface area contributed by atoms with E-state index in [9.17, 15) is 9.18 Å². The second-order valence-corrected chi connectivity index (χ2v) is 12.7. The average molecular weight is 488 g/mol. The number of pyridine rings is 1. The molecule has 4 nitrogen and oxygen atoms in total. The van der Waals surface area contributed by atoms with E-state index >= 15 is 4.39 Å². The third kappa shape index (κ3) is 5.44. The number of carbonyl (C=O) groups is 1. The number of hydrogen-bond donors (Lipinski definition) is 1. The Labute approximate surface area is 219 Å². The molecule has 0 spiro atoms. The molecule has 15 heteroatoms. The Morgan fingerprint density at radius 1 is 1.09 bits per heavy atom. The Morgan fingerprint density at radius 3 is 2.14 bits per heavy atom. The number of alkyl halides is 1. The standard InChI is InChI=1S/C20H30B8ClF2N3O/c1-10-2-5-14(32-7-10)19(25,26)33-20(27,28)16(31)8-17(21,22)34(18(23,24)9-16)15(35)11-3-4-13(30)12(29)6-11/h2-7,33H,8-9,21-28H2,1H3. The van der Waals surface area contributed by atoms with Gasteiger partial charge in [0.2, 0.25) is 0 Å². The van der Waals surface area contributed by atoms with Gasteiger partial charge in [-0.25, -0.2) is 8.78 Å². The largest absolute Gasteiger partial charge is 0.359 e. The molecule has 0 saturated carbocycles. The summed E-state index contributed by atoms with van der Waals surface area (Å²) < 4.78 is 30.8. The van der Waals surface area contributed by atoms with Gasteiger partial charge in [0, 0.05) is 17.5 Å². The number of aryl methyl sites for hydroxylation is 1. The van der Waals surface area contributed by atoms with Gasteiger partial charge in [0.05, 0.1) is 5.02 Å². The van der Waals surface area contributed by atoms with Gasteiger partial charge >= 0.3 is 0 Å². The molecule has 0 radical (unpaired) electrons. The molecule has 1 saturated heterocycles. The minimum atomic E-state index is -1.64. The second kappa shape index (κ2) is 9.09. The van der Waals surface area contributed by atoms with Crippen LogP contribution >= 0.6 is 11.6 Å². The molecule has 0 bridgehead atoms. The summed E-state index contributed by atoms with van der Waals surface area (Å²) in [5, 5.41) is 0.274. The number of aromatic nitrogens is 1. The van der Waals surface area contributed by atoms with Crippen molar-refractivity contribution < 1.29 is 13.6 Å². The van der Waals surface area contributed by atoms with Crippen LogP contribution in [0.2, 0.25) is 5.02 Å². The van der Waals surface area contributed by atoms with Crippen LogP contribution in [0.4, 0.5) is 8.78 Å². The van der Waals surface area contributed by atoms with Crippen LogP contribution in [0.5, 0.6) is 0 Å². The fraction of sp³-hybridized carbons (Fsp3) is 0.400. The van der Waals surface area contributed by atoms with E-state index in [4.69, 9.17) is 11.6 Å². The molecule has 1 aliphatic rings. The van der Waals surface area contributed by atoms with E-state index in [1.54, 1.807) is 4.90 Å². The Kier molecular flexibility index (Phi) is 7.29. The first-order valence-corrected chi connectivity index (χ1v) is 12.4. The summed E-state index contributed by atoms with van der Waals surface area (Å²) in [6.07, 6.45) is 2.07. The summed E-state index contributed by atoms with van der Waals surface area (Å²) in [5.74, 6) is -0.874. The quantitative estimate of drug-likeness (QED) is 0.433. The lowest BCUT2D eigenvalue weighted by Gasteiger charge is -2.62. The lowest BCUT2D eigenvalue weighted by atomic mass is 9.37. The zero-order valence-electron chi connectivity index (χ0n) is 22.3. The smallest absolute Gasteiger partial charge is 0.252 e. The number of likely N-dealkylation sites (tertiary alicyclic amines) is 1. The maximum atomic E-state index is 17.1. The van der Waals surface area contributed by atoms with E-state index in [0.717, 1.165) is 11.3 Å². The van der Waals surface area contributed by atoms with Crippen molar-refractivity contribution in [2.45, 2.75) is 46.8 Å². The van der Waals surface area contributed by atoms with Gasteiger partial charge in [0.1, 0.15) is 74.3 Å². The summed E-state index contributed by atoms with van der Waals surface area (Å²) in [5.41, 5.74) is 0.542. The van der Waals surface area contributed by atoms with Crippen LogP contribution in [0.3, 0.4) is 0 Å². The van der Waals surface area contributed by atoms with Crippen molar-refractivity contribution in [2.75, 3.05) is 0 Å². The van der Waals surface area contributed by atoms with Crippen LogP contribution < -0.4 is 5.32 Å². The number of hydrogen-bond acceptors (Lipinski definition) is 3. The van der Waals surface area contributed by atoms with Crippen LogP contribution in [-0.4, -0.2) is 100 Å². The molecule has 35 heavy (non-hydrogen) atoms. The topological polar surface area (TPSA) is 45.2 Å². The monoisotopic (exact) mass is 489 g/mol. The van der Waals surface area contributed by atoms with Crippen molar-refractivity contribution in [1.29, 1.82) is 0 Å². The van der Waals surface area contributed by atoms with E-state index in [2.05, 4.69) is 10.3 Å². The van der Waals surface area contributed by atoms with E-state index in [1.807, 2.05) is 88.0 Å². The predicted octanol–water partition coefficient (Wildman–Crippen LogP) is -4.45. The highest BCUT2D eigenvalue weighted by Gasteiger charge is 2.59. The minimum Gasteiger partial charge on any atom is -0.359 e. The lowest BCUT2D eigenvalue weighted by molar-refractivity contribution is -0.0112. The van der Waals surface area contributed by atoms with Gasteiger partial charge in [-0.1, -0.05) is 17.7 Å². The fourth-order valence-electron chi connectivity index (χ4n) is 5.96. The van der Waals surface area contributed by atoms with Crippen molar-refractivity contribution in [1.82, 2.24) is 15.2 Å². The van der Waals surface area contributed by atoms with Crippen LogP contribution in [-0.2, 0) is 5.34 Å². The highest BCUT2D eigenvalue weighted by molar-refractivity contribution is 6.48. The Hall–Kier alpha value is -1.53. The summed E-state index contributed by atoms with van der Waals surface area (Å²) >= 11 is 5.95. The van der Waals surface area contributed by atoms with Crippen LogP contribution in [0.1, 0.15) is 34.5 Å². The molecular formula is C20H30B8ClF2N3O. The van der Waals surface area contributed by atoms with E-state index < -0.39 is 32.8 Å². The number of nitrogens with zero attached hydrogens (tertiary/aromatic N) is 2. The summed E-state index contributed by atoms with van der Waals surface area (Å²) in [6.45, 7) is 1.98. The molecule has 1 N–H and O–H groups in total. The molecule has 0 atom stereocenters. The highest BCUT2D eigenvalue weighted by atomic mass is 35.5. The molecule has 1 aromatic carbocycles. The minimum absolute atomic E-state index is 0.111. The number of amides is 1. The molecule has 2 heterocycles. The zero-order chi connectivity index (χ0) is 26.6. The average Bonchev–Trinajstić information content (AvgIpc) is 2.67. The van der Waals surface area contributed by atoms with Gasteiger partial charge in [0.15, 0.2) is 0 Å². The number of nitrogens with one attached hydrogen (secondary N) is 1. The molecule has 2 aromatic rings. The molecule has 0 aliphatic carbocycles. The first kappa shape index (κ1) is 28.0. The zero-order valence-corrected chi connectivity index (χ0v) is 23.1. The number of halogens is 3. The van der Waals surface area contributed by atoms with Gasteiger partial charge in [-0.15, -0.1) is 0 Å².